The SMILES string of the molecule is CC(C)(C)NCC(=O)NCCCN1CCOCC1. The van der Waals surface area contributed by atoms with E-state index in [2.05, 4.69) is 36.3 Å². The normalized spacial score (nSPS) is 17.7. The first-order valence-corrected chi connectivity index (χ1v) is 6.79. The van der Waals surface area contributed by atoms with Crippen molar-refractivity contribution in [2.75, 3.05) is 45.9 Å². The van der Waals surface area contributed by atoms with Gasteiger partial charge in [-0.3, -0.25) is 9.69 Å². The molecule has 1 heterocycles. The molecule has 0 unspecified atom stereocenters. The number of amides is 1. The van der Waals surface area contributed by atoms with Crippen LogP contribution in [-0.4, -0.2) is 62.3 Å². The number of nitrogens with one attached hydrogen (secondary N) is 2. The van der Waals surface area contributed by atoms with Crippen LogP contribution in [0.2, 0.25) is 0 Å². The average Bonchev–Trinajstić information content (AvgIpc) is 2.33. The van der Waals surface area contributed by atoms with Crippen molar-refractivity contribution in [2.45, 2.75) is 32.7 Å². The fraction of sp³-hybridized carbons (Fsp3) is 0.923. The van der Waals surface area contributed by atoms with E-state index in [9.17, 15) is 4.79 Å². The Kier molecular flexibility index (Phi) is 6.60. The summed E-state index contributed by atoms with van der Waals surface area (Å²) in [4.78, 5) is 13.9. The van der Waals surface area contributed by atoms with Gasteiger partial charge in [-0.15, -0.1) is 0 Å². The van der Waals surface area contributed by atoms with Gasteiger partial charge >= 0.3 is 0 Å². The van der Waals surface area contributed by atoms with Crippen LogP contribution in [-0.2, 0) is 9.53 Å². The molecule has 2 N–H and O–H groups in total. The van der Waals surface area contributed by atoms with Gasteiger partial charge in [0.2, 0.25) is 5.91 Å². The van der Waals surface area contributed by atoms with Gasteiger partial charge in [0.05, 0.1) is 19.8 Å². The highest BCUT2D eigenvalue weighted by Crippen LogP contribution is 1.98. The molecule has 0 radical (unpaired) electrons. The minimum absolute atomic E-state index is 0.00879. The first-order chi connectivity index (χ1) is 8.47. The molecule has 1 aliphatic rings. The van der Waals surface area contributed by atoms with E-state index in [1.165, 1.54) is 0 Å². The number of morpholine rings is 1. The fourth-order valence-corrected chi connectivity index (χ4v) is 1.76. The van der Waals surface area contributed by atoms with Crippen LogP contribution in [0.4, 0.5) is 0 Å². The molecule has 1 amide bonds. The smallest absolute Gasteiger partial charge is 0.233 e. The summed E-state index contributed by atoms with van der Waals surface area (Å²) in [6.07, 6.45) is 1.00. The maximum atomic E-state index is 11.5. The zero-order valence-electron chi connectivity index (χ0n) is 11.9. The van der Waals surface area contributed by atoms with Crippen molar-refractivity contribution in [3.63, 3.8) is 0 Å². The van der Waals surface area contributed by atoms with Crippen molar-refractivity contribution < 1.29 is 9.53 Å². The maximum absolute atomic E-state index is 11.5. The second-order valence-corrected chi connectivity index (χ2v) is 5.76. The Morgan fingerprint density at radius 2 is 1.94 bits per heavy atom. The molecule has 1 fully saturated rings. The van der Waals surface area contributed by atoms with Crippen LogP contribution in [0.15, 0.2) is 0 Å². The molecule has 106 valence electrons. The minimum atomic E-state index is -0.00879. The number of carbonyl (C=O) groups excluding carboxylic acids is 1. The van der Waals surface area contributed by atoms with Gasteiger partial charge in [0.1, 0.15) is 0 Å². The molecule has 0 saturated carbocycles. The van der Waals surface area contributed by atoms with Crippen molar-refractivity contribution in [1.82, 2.24) is 15.5 Å². The van der Waals surface area contributed by atoms with Crippen LogP contribution >= 0.6 is 0 Å². The molecule has 0 atom stereocenters. The zero-order chi connectivity index (χ0) is 13.4. The first kappa shape index (κ1) is 15.4. The summed E-state index contributed by atoms with van der Waals surface area (Å²) < 4.78 is 5.29. The molecule has 1 aliphatic heterocycles. The van der Waals surface area contributed by atoms with E-state index in [0.29, 0.717) is 6.54 Å². The van der Waals surface area contributed by atoms with Gasteiger partial charge in [-0.25, -0.2) is 0 Å². The van der Waals surface area contributed by atoms with Crippen LogP contribution in [0.3, 0.4) is 0 Å². The Balaban J connectivity index is 1.98. The van der Waals surface area contributed by atoms with Gasteiger partial charge in [0.25, 0.3) is 0 Å². The van der Waals surface area contributed by atoms with E-state index >= 15 is 0 Å². The van der Waals surface area contributed by atoms with Crippen LogP contribution < -0.4 is 10.6 Å². The predicted octanol–water partition coefficient (Wildman–Crippen LogP) is 0.213. The summed E-state index contributed by atoms with van der Waals surface area (Å²) in [6, 6.07) is 0. The lowest BCUT2D eigenvalue weighted by Crippen LogP contribution is -2.44. The highest BCUT2D eigenvalue weighted by Gasteiger charge is 2.11. The Bertz CT molecular complexity index is 245. The highest BCUT2D eigenvalue weighted by atomic mass is 16.5. The predicted molar refractivity (Wildman–Crippen MR) is 72.6 cm³/mol. The van der Waals surface area contributed by atoms with E-state index in [1.807, 2.05) is 0 Å². The van der Waals surface area contributed by atoms with Gasteiger partial charge in [-0.1, -0.05) is 0 Å². The summed E-state index contributed by atoms with van der Waals surface area (Å²) >= 11 is 0. The van der Waals surface area contributed by atoms with Crippen LogP contribution in [0, 0.1) is 0 Å². The third kappa shape index (κ3) is 7.63. The Labute approximate surface area is 110 Å². The third-order valence-corrected chi connectivity index (χ3v) is 2.86. The molecule has 1 rings (SSSR count). The van der Waals surface area contributed by atoms with Crippen molar-refractivity contribution >= 4 is 5.91 Å². The maximum Gasteiger partial charge on any atom is 0.233 e. The lowest BCUT2D eigenvalue weighted by molar-refractivity contribution is -0.120. The van der Waals surface area contributed by atoms with E-state index < -0.39 is 0 Å². The molecule has 18 heavy (non-hydrogen) atoms. The highest BCUT2D eigenvalue weighted by molar-refractivity contribution is 5.78. The van der Waals surface area contributed by atoms with Crippen LogP contribution in [0.25, 0.3) is 0 Å². The number of ether oxygens (including phenoxy) is 1. The lowest BCUT2D eigenvalue weighted by atomic mass is 10.1. The second kappa shape index (κ2) is 7.71. The van der Waals surface area contributed by atoms with E-state index in [0.717, 1.165) is 45.8 Å². The van der Waals surface area contributed by atoms with Gasteiger partial charge in [0.15, 0.2) is 0 Å². The molecule has 0 aliphatic carbocycles. The largest absolute Gasteiger partial charge is 0.379 e. The zero-order valence-corrected chi connectivity index (χ0v) is 11.9. The van der Waals surface area contributed by atoms with Gasteiger partial charge < -0.3 is 15.4 Å². The van der Waals surface area contributed by atoms with Crippen molar-refractivity contribution in [1.29, 1.82) is 0 Å². The van der Waals surface area contributed by atoms with Crippen LogP contribution in [0.1, 0.15) is 27.2 Å². The van der Waals surface area contributed by atoms with Crippen molar-refractivity contribution in [3.8, 4) is 0 Å². The molecule has 5 nitrogen and oxygen atoms in total. The third-order valence-electron chi connectivity index (χ3n) is 2.86. The quantitative estimate of drug-likeness (QED) is 0.668. The van der Waals surface area contributed by atoms with Crippen LogP contribution in [0.5, 0.6) is 0 Å². The molecular weight excluding hydrogens is 230 g/mol. The molecule has 0 bridgehead atoms. The number of rotatable bonds is 6. The molecule has 0 spiro atoms. The summed E-state index contributed by atoms with van der Waals surface area (Å²) in [7, 11) is 0. The molecule has 0 aromatic carbocycles. The molecule has 1 saturated heterocycles. The molecule has 0 aromatic heterocycles. The van der Waals surface area contributed by atoms with Gasteiger partial charge in [-0.05, 0) is 33.7 Å². The average molecular weight is 257 g/mol. The lowest BCUT2D eigenvalue weighted by Gasteiger charge is -2.26. The summed E-state index contributed by atoms with van der Waals surface area (Å²) in [5.74, 6) is 0.0758. The molecular formula is C13H27N3O2. The number of hydrogen-bond acceptors (Lipinski definition) is 4. The number of nitrogens with zero attached hydrogens (tertiary/aromatic N) is 1. The van der Waals surface area contributed by atoms with E-state index in [1.54, 1.807) is 0 Å². The Hall–Kier alpha value is -0.650. The standard InChI is InChI=1S/C13H27N3O2/c1-13(2,3)15-11-12(17)14-5-4-6-16-7-9-18-10-8-16/h15H,4-11H2,1-3H3,(H,14,17). The van der Waals surface area contributed by atoms with Crippen molar-refractivity contribution in [3.05, 3.63) is 0 Å². The molecule has 0 aromatic rings. The Morgan fingerprint density at radius 3 is 2.56 bits per heavy atom. The summed E-state index contributed by atoms with van der Waals surface area (Å²) in [5, 5.41) is 6.11. The first-order valence-electron chi connectivity index (χ1n) is 6.79. The number of carbonyl (C=O) groups is 1. The fourth-order valence-electron chi connectivity index (χ4n) is 1.76. The second-order valence-electron chi connectivity index (χ2n) is 5.76. The van der Waals surface area contributed by atoms with Crippen molar-refractivity contribution in [2.24, 2.45) is 0 Å². The monoisotopic (exact) mass is 257 g/mol. The van der Waals surface area contributed by atoms with E-state index in [-0.39, 0.29) is 11.4 Å². The van der Waals surface area contributed by atoms with Gasteiger partial charge in [-0.2, -0.15) is 0 Å². The number of hydrogen-bond donors (Lipinski definition) is 2. The summed E-state index contributed by atoms with van der Waals surface area (Å²) in [6.45, 7) is 12.0. The topological polar surface area (TPSA) is 53.6 Å². The summed E-state index contributed by atoms with van der Waals surface area (Å²) in [5.41, 5.74) is -0.00879. The molecule has 5 heteroatoms. The van der Waals surface area contributed by atoms with E-state index in [4.69, 9.17) is 4.74 Å². The van der Waals surface area contributed by atoms with Gasteiger partial charge in [0, 0.05) is 25.2 Å². The minimum Gasteiger partial charge on any atom is -0.379 e. The Morgan fingerprint density at radius 1 is 1.28 bits per heavy atom.